The summed E-state index contributed by atoms with van der Waals surface area (Å²) in [6.07, 6.45) is 1.13. The van der Waals surface area contributed by atoms with Gasteiger partial charge in [-0.2, -0.15) is 0 Å². The number of carbonyl (C=O) groups is 2. The molecule has 2 amide bonds. The molecule has 0 saturated carbocycles. The van der Waals surface area contributed by atoms with Gasteiger partial charge >= 0.3 is 0 Å². The molecule has 84 valence electrons. The first-order valence-electron chi connectivity index (χ1n) is 5.22. The quantitative estimate of drug-likeness (QED) is 0.628. The van der Waals surface area contributed by atoms with Crippen LogP contribution < -0.4 is 0 Å². The fraction of sp³-hybridized carbons (Fsp3) is 0.333. The number of hydrogen-bond acceptors (Lipinski definition) is 2. The standard InChI is InChI=1S/C12H12BrNO2/c13-6-3-7-14-11(15)8-9-4-1-2-5-10(9)12(14)16/h1-2,4-5H,3,6-8H2. The highest BCUT2D eigenvalue weighted by Gasteiger charge is 2.29. The molecule has 0 saturated heterocycles. The Labute approximate surface area is 103 Å². The first-order valence-corrected chi connectivity index (χ1v) is 6.34. The van der Waals surface area contributed by atoms with Crippen molar-refractivity contribution in [1.29, 1.82) is 0 Å². The molecule has 0 N–H and O–H groups in total. The van der Waals surface area contributed by atoms with Crippen LogP contribution >= 0.6 is 15.9 Å². The van der Waals surface area contributed by atoms with E-state index < -0.39 is 0 Å². The van der Waals surface area contributed by atoms with Gasteiger partial charge in [0.2, 0.25) is 5.91 Å². The van der Waals surface area contributed by atoms with E-state index in [1.807, 2.05) is 18.2 Å². The van der Waals surface area contributed by atoms with Gasteiger partial charge in [-0.3, -0.25) is 14.5 Å². The summed E-state index contributed by atoms with van der Waals surface area (Å²) in [4.78, 5) is 25.1. The summed E-state index contributed by atoms with van der Waals surface area (Å²) in [6.45, 7) is 0.497. The molecule has 0 fully saturated rings. The predicted molar refractivity (Wildman–Crippen MR) is 64.6 cm³/mol. The molecule has 0 radical (unpaired) electrons. The van der Waals surface area contributed by atoms with Gasteiger partial charge in [-0.05, 0) is 18.1 Å². The molecule has 0 bridgehead atoms. The summed E-state index contributed by atoms with van der Waals surface area (Å²) in [5, 5.41) is 0.797. The van der Waals surface area contributed by atoms with Crippen LogP contribution in [0, 0.1) is 0 Å². The molecule has 1 aliphatic rings. The van der Waals surface area contributed by atoms with E-state index in [4.69, 9.17) is 0 Å². The molecule has 4 heteroatoms. The van der Waals surface area contributed by atoms with E-state index in [2.05, 4.69) is 15.9 Å². The predicted octanol–water partition coefficient (Wildman–Crippen LogP) is 2.00. The first-order chi connectivity index (χ1) is 7.74. The molecule has 0 aromatic heterocycles. The van der Waals surface area contributed by atoms with Crippen molar-refractivity contribution in [2.75, 3.05) is 11.9 Å². The van der Waals surface area contributed by atoms with Gasteiger partial charge in [0.25, 0.3) is 5.91 Å². The Kier molecular flexibility index (Phi) is 3.39. The number of amides is 2. The number of halogens is 1. The fourth-order valence-electron chi connectivity index (χ4n) is 1.84. The number of fused-ring (bicyclic) bond motifs is 1. The van der Waals surface area contributed by atoms with Crippen LogP contribution in [0.2, 0.25) is 0 Å². The smallest absolute Gasteiger partial charge is 0.260 e. The van der Waals surface area contributed by atoms with E-state index in [9.17, 15) is 9.59 Å². The molecule has 0 spiro atoms. The van der Waals surface area contributed by atoms with Crippen molar-refractivity contribution in [3.05, 3.63) is 35.4 Å². The van der Waals surface area contributed by atoms with Gasteiger partial charge in [0.05, 0.1) is 6.42 Å². The lowest BCUT2D eigenvalue weighted by Crippen LogP contribution is -2.42. The summed E-state index contributed by atoms with van der Waals surface area (Å²) < 4.78 is 0. The van der Waals surface area contributed by atoms with Gasteiger partial charge in [0.15, 0.2) is 0 Å². The van der Waals surface area contributed by atoms with Crippen LogP contribution in [-0.2, 0) is 11.2 Å². The van der Waals surface area contributed by atoms with E-state index in [0.29, 0.717) is 18.5 Å². The normalized spacial score (nSPS) is 15.2. The highest BCUT2D eigenvalue weighted by molar-refractivity contribution is 9.09. The number of carbonyl (C=O) groups excluding carboxylic acids is 2. The zero-order chi connectivity index (χ0) is 11.5. The third kappa shape index (κ3) is 2.02. The maximum absolute atomic E-state index is 12.0. The van der Waals surface area contributed by atoms with Crippen molar-refractivity contribution in [3.63, 3.8) is 0 Å². The van der Waals surface area contributed by atoms with Crippen molar-refractivity contribution in [2.45, 2.75) is 12.8 Å². The molecule has 0 atom stereocenters. The van der Waals surface area contributed by atoms with Gasteiger partial charge in [0, 0.05) is 17.4 Å². The van der Waals surface area contributed by atoms with E-state index in [1.165, 1.54) is 4.90 Å². The van der Waals surface area contributed by atoms with E-state index in [0.717, 1.165) is 17.3 Å². The first kappa shape index (κ1) is 11.3. The van der Waals surface area contributed by atoms with Crippen molar-refractivity contribution in [2.24, 2.45) is 0 Å². The Morgan fingerprint density at radius 2 is 2.00 bits per heavy atom. The van der Waals surface area contributed by atoms with Gasteiger partial charge in [-0.15, -0.1) is 0 Å². The highest BCUT2D eigenvalue weighted by Crippen LogP contribution is 2.19. The third-order valence-corrected chi connectivity index (χ3v) is 3.21. The average molecular weight is 282 g/mol. The van der Waals surface area contributed by atoms with Crippen molar-refractivity contribution in [1.82, 2.24) is 4.90 Å². The second-order valence-electron chi connectivity index (χ2n) is 3.73. The van der Waals surface area contributed by atoms with Gasteiger partial charge in [-0.1, -0.05) is 34.1 Å². The molecule has 1 heterocycles. The van der Waals surface area contributed by atoms with E-state index in [-0.39, 0.29) is 11.8 Å². The summed E-state index contributed by atoms with van der Waals surface area (Å²) in [6, 6.07) is 7.31. The molecule has 16 heavy (non-hydrogen) atoms. The number of alkyl halides is 1. The van der Waals surface area contributed by atoms with Crippen molar-refractivity contribution in [3.8, 4) is 0 Å². The minimum Gasteiger partial charge on any atom is -0.278 e. The van der Waals surface area contributed by atoms with Gasteiger partial charge in [-0.25, -0.2) is 0 Å². The van der Waals surface area contributed by atoms with Gasteiger partial charge in [0.1, 0.15) is 0 Å². The van der Waals surface area contributed by atoms with Crippen LogP contribution in [0.15, 0.2) is 24.3 Å². The van der Waals surface area contributed by atoms with Crippen molar-refractivity contribution < 1.29 is 9.59 Å². The van der Waals surface area contributed by atoms with Crippen LogP contribution in [0.1, 0.15) is 22.3 Å². The Hall–Kier alpha value is -1.16. The second kappa shape index (κ2) is 4.78. The molecule has 1 aliphatic heterocycles. The number of rotatable bonds is 3. The summed E-state index contributed by atoms with van der Waals surface area (Å²) >= 11 is 3.30. The summed E-state index contributed by atoms with van der Waals surface area (Å²) in [7, 11) is 0. The lowest BCUT2D eigenvalue weighted by molar-refractivity contribution is -0.128. The molecule has 2 rings (SSSR count). The van der Waals surface area contributed by atoms with Crippen LogP contribution in [0.5, 0.6) is 0 Å². The molecular formula is C12H12BrNO2. The third-order valence-electron chi connectivity index (χ3n) is 2.65. The molecule has 0 unspecified atom stereocenters. The summed E-state index contributed by atoms with van der Waals surface area (Å²) in [5.41, 5.74) is 1.50. The maximum atomic E-state index is 12.0. The Bertz CT molecular complexity index is 431. The molecule has 3 nitrogen and oxygen atoms in total. The second-order valence-corrected chi connectivity index (χ2v) is 4.52. The minimum absolute atomic E-state index is 0.0929. The molecule has 0 aliphatic carbocycles. The van der Waals surface area contributed by atoms with Crippen molar-refractivity contribution >= 4 is 27.7 Å². The molecule has 1 aromatic carbocycles. The number of hydrogen-bond donors (Lipinski definition) is 0. The Morgan fingerprint density at radius 3 is 2.75 bits per heavy atom. The Balaban J connectivity index is 2.27. The summed E-state index contributed by atoms with van der Waals surface area (Å²) in [5.74, 6) is -0.252. The topological polar surface area (TPSA) is 37.4 Å². The number of imide groups is 1. The van der Waals surface area contributed by atoms with E-state index in [1.54, 1.807) is 6.07 Å². The lowest BCUT2D eigenvalue weighted by Gasteiger charge is -2.26. The average Bonchev–Trinajstić information content (AvgIpc) is 2.29. The SMILES string of the molecule is O=C1Cc2ccccc2C(=O)N1CCCBr. The zero-order valence-corrected chi connectivity index (χ0v) is 10.4. The Morgan fingerprint density at radius 1 is 1.25 bits per heavy atom. The van der Waals surface area contributed by atoms with Crippen LogP contribution in [-0.4, -0.2) is 28.6 Å². The number of nitrogens with zero attached hydrogens (tertiary/aromatic N) is 1. The van der Waals surface area contributed by atoms with Crippen LogP contribution in [0.4, 0.5) is 0 Å². The van der Waals surface area contributed by atoms with Crippen LogP contribution in [0.3, 0.4) is 0 Å². The fourth-order valence-corrected chi connectivity index (χ4v) is 2.09. The van der Waals surface area contributed by atoms with E-state index >= 15 is 0 Å². The molecule has 1 aromatic rings. The zero-order valence-electron chi connectivity index (χ0n) is 8.78. The van der Waals surface area contributed by atoms with Crippen LogP contribution in [0.25, 0.3) is 0 Å². The van der Waals surface area contributed by atoms with Gasteiger partial charge < -0.3 is 0 Å². The number of benzene rings is 1. The lowest BCUT2D eigenvalue weighted by atomic mass is 9.98. The highest BCUT2D eigenvalue weighted by atomic mass is 79.9. The monoisotopic (exact) mass is 281 g/mol. The largest absolute Gasteiger partial charge is 0.278 e. The maximum Gasteiger partial charge on any atom is 0.260 e. The molecular weight excluding hydrogens is 270 g/mol. The minimum atomic E-state index is -0.159.